The molecule has 0 radical (unpaired) electrons. The molecular weight excluding hydrogens is 392 g/mol. The molecule has 6 heteroatoms. The Morgan fingerprint density at radius 1 is 0.871 bits per heavy atom. The van der Waals surface area contributed by atoms with Crippen LogP contribution in [-0.2, 0) is 0 Å². The van der Waals surface area contributed by atoms with Crippen LogP contribution in [0.1, 0.15) is 35.4 Å². The number of hydrogen-bond acceptors (Lipinski definition) is 6. The highest BCUT2D eigenvalue weighted by Crippen LogP contribution is 2.50. The van der Waals surface area contributed by atoms with Crippen molar-refractivity contribution in [2.45, 2.75) is 18.7 Å². The summed E-state index contributed by atoms with van der Waals surface area (Å²) in [6.45, 7) is 0. The minimum Gasteiger partial charge on any atom is -0.497 e. The zero-order chi connectivity index (χ0) is 21.4. The predicted octanol–water partition coefficient (Wildman–Crippen LogP) is 4.95. The van der Waals surface area contributed by atoms with Crippen molar-refractivity contribution >= 4 is 5.71 Å². The highest BCUT2D eigenvalue weighted by Gasteiger charge is 2.42. The van der Waals surface area contributed by atoms with Gasteiger partial charge in [-0.1, -0.05) is 36.4 Å². The van der Waals surface area contributed by atoms with Crippen LogP contribution in [-0.4, -0.2) is 32.0 Å². The molecule has 0 aliphatic carbocycles. The summed E-state index contributed by atoms with van der Waals surface area (Å²) in [6, 6.07) is 22.0. The maximum Gasteiger partial charge on any atom is 0.214 e. The van der Waals surface area contributed by atoms with Crippen molar-refractivity contribution in [1.82, 2.24) is 5.01 Å². The summed E-state index contributed by atoms with van der Waals surface area (Å²) in [5.74, 6) is 3.08. The largest absolute Gasteiger partial charge is 0.497 e. The average Bonchev–Trinajstić information content (AvgIpc) is 3.29. The van der Waals surface area contributed by atoms with Gasteiger partial charge in [0.05, 0.1) is 33.1 Å². The monoisotopic (exact) mass is 416 g/mol. The molecule has 158 valence electrons. The first-order valence-corrected chi connectivity index (χ1v) is 10.2. The van der Waals surface area contributed by atoms with E-state index in [1.54, 1.807) is 21.3 Å². The van der Waals surface area contributed by atoms with Gasteiger partial charge in [0.2, 0.25) is 6.23 Å². The Kier molecular flexibility index (Phi) is 4.90. The standard InChI is InChI=1S/C25H24N2O4/c1-28-18-9-4-7-16(13-18)21-15-22-20-11-6-12-23(30-3)24(20)31-25(27(22)26-21)17-8-5-10-19(14-17)29-2/h4-14,22,25H,15H2,1-3H3/t22-,25+/m0/s1. The Morgan fingerprint density at radius 3 is 2.39 bits per heavy atom. The number of para-hydroxylation sites is 1. The van der Waals surface area contributed by atoms with Crippen LogP contribution < -0.4 is 18.9 Å². The molecule has 31 heavy (non-hydrogen) atoms. The van der Waals surface area contributed by atoms with Crippen molar-refractivity contribution in [1.29, 1.82) is 0 Å². The lowest BCUT2D eigenvalue weighted by atomic mass is 9.95. The first-order valence-electron chi connectivity index (χ1n) is 10.2. The number of hydrogen-bond donors (Lipinski definition) is 0. The third-order valence-electron chi connectivity index (χ3n) is 5.78. The van der Waals surface area contributed by atoms with Gasteiger partial charge in [0.1, 0.15) is 11.5 Å². The van der Waals surface area contributed by atoms with E-state index in [4.69, 9.17) is 24.0 Å². The van der Waals surface area contributed by atoms with Gasteiger partial charge in [-0.25, -0.2) is 5.01 Å². The van der Waals surface area contributed by atoms with E-state index < -0.39 is 6.23 Å². The molecular formula is C25H24N2O4. The van der Waals surface area contributed by atoms with Crippen molar-refractivity contribution in [2.75, 3.05) is 21.3 Å². The van der Waals surface area contributed by atoms with Gasteiger partial charge in [0.15, 0.2) is 11.5 Å². The van der Waals surface area contributed by atoms with Gasteiger partial charge in [-0.05, 0) is 30.3 Å². The van der Waals surface area contributed by atoms with E-state index in [-0.39, 0.29) is 6.04 Å². The number of fused-ring (bicyclic) bond motifs is 3. The van der Waals surface area contributed by atoms with Gasteiger partial charge in [-0.2, -0.15) is 5.10 Å². The topological polar surface area (TPSA) is 52.5 Å². The van der Waals surface area contributed by atoms with Crippen LogP contribution in [0.4, 0.5) is 0 Å². The number of nitrogens with zero attached hydrogens (tertiary/aromatic N) is 2. The lowest BCUT2D eigenvalue weighted by Crippen LogP contribution is -2.33. The quantitative estimate of drug-likeness (QED) is 0.589. The molecule has 3 aromatic carbocycles. The molecule has 3 aromatic rings. The molecule has 6 nitrogen and oxygen atoms in total. The Morgan fingerprint density at radius 2 is 1.61 bits per heavy atom. The van der Waals surface area contributed by atoms with Crippen molar-refractivity contribution in [2.24, 2.45) is 5.10 Å². The van der Waals surface area contributed by atoms with Gasteiger partial charge in [-0.15, -0.1) is 0 Å². The van der Waals surface area contributed by atoms with Crippen LogP contribution in [0.15, 0.2) is 71.8 Å². The number of hydrazone groups is 1. The summed E-state index contributed by atoms with van der Waals surface area (Å²) in [6.07, 6.45) is 0.365. The van der Waals surface area contributed by atoms with E-state index in [1.165, 1.54) is 0 Å². The van der Waals surface area contributed by atoms with Crippen molar-refractivity contribution in [3.05, 3.63) is 83.4 Å². The van der Waals surface area contributed by atoms with E-state index in [0.29, 0.717) is 0 Å². The molecule has 2 atom stereocenters. The Balaban J connectivity index is 1.61. The summed E-state index contributed by atoms with van der Waals surface area (Å²) in [5.41, 5.74) is 4.08. The first-order chi connectivity index (χ1) is 15.2. The fraction of sp³-hybridized carbons (Fsp3) is 0.240. The molecule has 5 rings (SSSR count). The molecule has 0 aromatic heterocycles. The van der Waals surface area contributed by atoms with Crippen molar-refractivity contribution in [3.63, 3.8) is 0 Å². The van der Waals surface area contributed by atoms with Crippen LogP contribution in [0, 0.1) is 0 Å². The van der Waals surface area contributed by atoms with Gasteiger partial charge in [0, 0.05) is 23.1 Å². The molecule has 2 heterocycles. The molecule has 0 amide bonds. The third kappa shape index (κ3) is 3.34. The molecule has 0 bridgehead atoms. The number of methoxy groups -OCH3 is 3. The molecule has 0 saturated carbocycles. The summed E-state index contributed by atoms with van der Waals surface area (Å²) in [7, 11) is 5.00. The molecule has 0 unspecified atom stereocenters. The maximum atomic E-state index is 6.50. The Labute approximate surface area is 181 Å². The fourth-order valence-electron chi connectivity index (χ4n) is 4.24. The van der Waals surface area contributed by atoms with Gasteiger partial charge < -0.3 is 18.9 Å². The second-order valence-electron chi connectivity index (χ2n) is 7.50. The third-order valence-corrected chi connectivity index (χ3v) is 5.78. The minimum atomic E-state index is -0.396. The molecule has 2 aliphatic heterocycles. The molecule has 0 spiro atoms. The van der Waals surface area contributed by atoms with E-state index in [9.17, 15) is 0 Å². The van der Waals surface area contributed by atoms with Crippen LogP contribution in [0.2, 0.25) is 0 Å². The number of rotatable bonds is 5. The smallest absolute Gasteiger partial charge is 0.214 e. The second kappa shape index (κ2) is 7.87. The SMILES string of the molecule is COc1cccc(C2=NN3[C@@H](c4cccc(OC)c4)Oc4c(OC)cccc4[C@@H]3C2)c1. The van der Waals surface area contributed by atoms with E-state index in [2.05, 4.69) is 12.1 Å². The van der Waals surface area contributed by atoms with Crippen molar-refractivity contribution < 1.29 is 18.9 Å². The lowest BCUT2D eigenvalue weighted by Gasteiger charge is -2.38. The number of benzene rings is 3. The predicted molar refractivity (Wildman–Crippen MR) is 118 cm³/mol. The molecule has 0 N–H and O–H groups in total. The Hall–Kier alpha value is -3.67. The van der Waals surface area contributed by atoms with Crippen LogP contribution in [0.25, 0.3) is 0 Å². The summed E-state index contributed by atoms with van der Waals surface area (Å²) in [4.78, 5) is 0. The highest BCUT2D eigenvalue weighted by molar-refractivity contribution is 6.02. The summed E-state index contributed by atoms with van der Waals surface area (Å²) < 4.78 is 23.0. The van der Waals surface area contributed by atoms with Gasteiger partial charge >= 0.3 is 0 Å². The van der Waals surface area contributed by atoms with E-state index in [0.717, 1.165) is 51.8 Å². The first kappa shape index (κ1) is 19.3. The molecule has 2 aliphatic rings. The number of ether oxygens (including phenoxy) is 4. The van der Waals surface area contributed by atoms with Gasteiger partial charge in [-0.3, -0.25) is 0 Å². The normalized spacial score (nSPS) is 19.1. The molecule has 0 saturated heterocycles. The zero-order valence-electron chi connectivity index (χ0n) is 17.7. The molecule has 0 fully saturated rings. The highest BCUT2D eigenvalue weighted by atomic mass is 16.5. The van der Waals surface area contributed by atoms with Crippen LogP contribution in [0.5, 0.6) is 23.0 Å². The summed E-state index contributed by atoms with van der Waals surface area (Å²) >= 11 is 0. The van der Waals surface area contributed by atoms with Gasteiger partial charge in [0.25, 0.3) is 0 Å². The summed E-state index contributed by atoms with van der Waals surface area (Å²) in [5, 5.41) is 7.06. The van der Waals surface area contributed by atoms with E-state index in [1.807, 2.05) is 59.6 Å². The van der Waals surface area contributed by atoms with E-state index >= 15 is 0 Å². The van der Waals surface area contributed by atoms with Crippen LogP contribution in [0.3, 0.4) is 0 Å². The van der Waals surface area contributed by atoms with Crippen LogP contribution >= 0.6 is 0 Å². The maximum absolute atomic E-state index is 6.50. The Bertz CT molecular complexity index is 1140. The minimum absolute atomic E-state index is 0.0382. The fourth-order valence-corrected chi connectivity index (χ4v) is 4.24. The lowest BCUT2D eigenvalue weighted by molar-refractivity contribution is -0.0210. The van der Waals surface area contributed by atoms with Crippen molar-refractivity contribution in [3.8, 4) is 23.0 Å². The second-order valence-corrected chi connectivity index (χ2v) is 7.50. The average molecular weight is 416 g/mol. The zero-order valence-corrected chi connectivity index (χ0v) is 17.7.